The van der Waals surface area contributed by atoms with Crippen molar-refractivity contribution < 1.29 is 14.3 Å². The summed E-state index contributed by atoms with van der Waals surface area (Å²) in [6.45, 7) is 2.77. The van der Waals surface area contributed by atoms with Crippen molar-refractivity contribution in [2.75, 3.05) is 6.61 Å². The van der Waals surface area contributed by atoms with E-state index in [4.69, 9.17) is 4.43 Å². The number of hydrogen-bond donors (Lipinski definition) is 1. The van der Waals surface area contributed by atoms with E-state index in [1.54, 1.807) is 0 Å². The van der Waals surface area contributed by atoms with Crippen molar-refractivity contribution in [3.63, 3.8) is 0 Å². The number of rotatable bonds is 8. The zero-order valence-corrected chi connectivity index (χ0v) is 18.5. The molecule has 4 rings (SSSR count). The fraction of sp³-hybridized carbons (Fsp3) is 0.480. The molecule has 0 radical (unpaired) electrons. The van der Waals surface area contributed by atoms with Crippen molar-refractivity contribution in [3.8, 4) is 0 Å². The Morgan fingerprint density at radius 2 is 1.69 bits per heavy atom. The Morgan fingerprint density at radius 1 is 1.07 bits per heavy atom. The van der Waals surface area contributed by atoms with Crippen LogP contribution in [-0.4, -0.2) is 32.6 Å². The molecule has 154 valence electrons. The van der Waals surface area contributed by atoms with Gasteiger partial charge in [-0.25, -0.2) is 0 Å². The van der Waals surface area contributed by atoms with Crippen LogP contribution in [0.25, 0.3) is 0 Å². The number of ketones is 1. The number of aliphatic hydroxyl groups is 1. The molecule has 2 fully saturated rings. The van der Waals surface area contributed by atoms with Gasteiger partial charge in [-0.1, -0.05) is 80.4 Å². The lowest BCUT2D eigenvalue weighted by Crippen LogP contribution is -2.48. The van der Waals surface area contributed by atoms with Gasteiger partial charge in [-0.05, 0) is 35.6 Å². The highest BCUT2D eigenvalue weighted by molar-refractivity contribution is 6.80. The van der Waals surface area contributed by atoms with E-state index in [2.05, 4.69) is 55.5 Å². The minimum absolute atomic E-state index is 0.0470. The molecule has 0 heterocycles. The average molecular weight is 409 g/mol. The van der Waals surface area contributed by atoms with Gasteiger partial charge >= 0.3 is 0 Å². The smallest absolute Gasteiger partial charge is 0.239 e. The van der Waals surface area contributed by atoms with E-state index in [9.17, 15) is 9.90 Å². The fourth-order valence-corrected chi connectivity index (χ4v) is 8.07. The molecule has 0 amide bonds. The summed E-state index contributed by atoms with van der Waals surface area (Å²) in [6.07, 6.45) is 4.89. The largest absolute Gasteiger partial charge is 0.410 e. The van der Waals surface area contributed by atoms with E-state index in [0.29, 0.717) is 25.2 Å². The molecule has 0 spiro atoms. The number of carbonyl (C=O) groups excluding carboxylic acids is 1. The Labute approximate surface area is 175 Å². The highest BCUT2D eigenvalue weighted by Crippen LogP contribution is 2.57. The molecule has 4 unspecified atom stereocenters. The van der Waals surface area contributed by atoms with Gasteiger partial charge in [0.2, 0.25) is 9.04 Å². The first-order valence-corrected chi connectivity index (χ1v) is 12.7. The van der Waals surface area contributed by atoms with Crippen LogP contribution in [0.2, 0.25) is 0 Å². The molecule has 0 aliphatic heterocycles. The van der Waals surface area contributed by atoms with E-state index >= 15 is 0 Å². The summed E-state index contributed by atoms with van der Waals surface area (Å²) in [6, 6.07) is 21.0. The SMILES string of the molecule is CCCCC1C(=O)CC2CC(O)CC21CO[SiH](c1ccccc1)c1ccccc1. The molecular formula is C25H32O3Si. The molecule has 29 heavy (non-hydrogen) atoms. The minimum Gasteiger partial charge on any atom is -0.410 e. The van der Waals surface area contributed by atoms with E-state index in [1.165, 1.54) is 10.4 Å². The molecule has 1 N–H and O–H groups in total. The van der Waals surface area contributed by atoms with Crippen LogP contribution in [0.4, 0.5) is 0 Å². The maximum absolute atomic E-state index is 12.9. The van der Waals surface area contributed by atoms with Gasteiger partial charge in [0.25, 0.3) is 0 Å². The molecule has 2 aromatic rings. The van der Waals surface area contributed by atoms with Crippen LogP contribution < -0.4 is 10.4 Å². The van der Waals surface area contributed by atoms with Gasteiger partial charge in [-0.2, -0.15) is 0 Å². The quantitative estimate of drug-likeness (QED) is 0.683. The van der Waals surface area contributed by atoms with Crippen molar-refractivity contribution >= 4 is 25.2 Å². The zero-order valence-electron chi connectivity index (χ0n) is 17.3. The predicted molar refractivity (Wildman–Crippen MR) is 119 cm³/mol. The Balaban J connectivity index is 1.61. The Morgan fingerprint density at radius 3 is 2.28 bits per heavy atom. The molecule has 2 aliphatic carbocycles. The second-order valence-electron chi connectivity index (χ2n) is 8.90. The van der Waals surface area contributed by atoms with Crippen molar-refractivity contribution in [3.05, 3.63) is 60.7 Å². The maximum Gasteiger partial charge on any atom is 0.239 e. The van der Waals surface area contributed by atoms with E-state index < -0.39 is 9.04 Å². The van der Waals surface area contributed by atoms with Crippen molar-refractivity contribution in [1.82, 2.24) is 0 Å². The highest BCUT2D eigenvalue weighted by atomic mass is 28.3. The summed E-state index contributed by atoms with van der Waals surface area (Å²) in [5, 5.41) is 13.0. The van der Waals surface area contributed by atoms with E-state index in [1.807, 2.05) is 12.1 Å². The summed E-state index contributed by atoms with van der Waals surface area (Å²) in [7, 11) is -1.85. The molecule has 3 nitrogen and oxygen atoms in total. The lowest BCUT2D eigenvalue weighted by Gasteiger charge is -2.36. The van der Waals surface area contributed by atoms with Crippen LogP contribution in [0.3, 0.4) is 0 Å². The van der Waals surface area contributed by atoms with Crippen LogP contribution in [0.15, 0.2) is 60.7 Å². The Bertz CT molecular complexity index is 770. The number of hydrogen-bond acceptors (Lipinski definition) is 3. The van der Waals surface area contributed by atoms with Gasteiger partial charge in [-0.3, -0.25) is 4.79 Å². The fourth-order valence-electron chi connectivity index (χ4n) is 5.68. The standard InChI is InChI=1S/C25H32O3Si/c1-2-3-14-23-24(27)16-19-15-20(26)17-25(19,23)18-28-29(21-10-6-4-7-11-21)22-12-8-5-9-13-22/h4-13,19-20,23,26,29H,2-3,14-18H2,1H3. The zero-order chi connectivity index (χ0) is 20.3. The van der Waals surface area contributed by atoms with Crippen molar-refractivity contribution in [1.29, 1.82) is 0 Å². The summed E-state index contributed by atoms with van der Waals surface area (Å²) >= 11 is 0. The molecular weight excluding hydrogens is 376 g/mol. The van der Waals surface area contributed by atoms with Crippen LogP contribution in [-0.2, 0) is 9.22 Å². The number of unbranched alkanes of at least 4 members (excludes halogenated alkanes) is 1. The monoisotopic (exact) mass is 408 g/mol. The highest BCUT2D eigenvalue weighted by Gasteiger charge is 2.58. The number of aliphatic hydroxyl groups excluding tert-OH is 1. The van der Waals surface area contributed by atoms with E-state index in [0.717, 1.165) is 25.7 Å². The minimum atomic E-state index is -1.85. The predicted octanol–water partition coefficient (Wildman–Crippen LogP) is 3.08. The first kappa shape index (κ1) is 20.5. The second-order valence-corrected chi connectivity index (χ2v) is 11.3. The van der Waals surface area contributed by atoms with E-state index in [-0.39, 0.29) is 23.4 Å². The summed E-state index contributed by atoms with van der Waals surface area (Å²) in [4.78, 5) is 12.9. The van der Waals surface area contributed by atoms with Gasteiger partial charge in [0.1, 0.15) is 5.78 Å². The topological polar surface area (TPSA) is 46.5 Å². The number of Topliss-reactive ketones (excluding diaryl/α,β-unsaturated/α-hetero) is 1. The second kappa shape index (κ2) is 8.95. The van der Waals surface area contributed by atoms with Crippen molar-refractivity contribution in [2.45, 2.75) is 51.6 Å². The van der Waals surface area contributed by atoms with Gasteiger partial charge in [0.05, 0.1) is 6.10 Å². The molecule has 4 atom stereocenters. The number of carbonyl (C=O) groups is 1. The van der Waals surface area contributed by atoms with Crippen LogP contribution in [0.5, 0.6) is 0 Å². The van der Waals surface area contributed by atoms with Gasteiger partial charge < -0.3 is 9.53 Å². The average Bonchev–Trinajstić information content (AvgIpc) is 3.17. The molecule has 0 aromatic heterocycles. The third-order valence-corrected chi connectivity index (χ3v) is 9.57. The third-order valence-electron chi connectivity index (χ3n) is 7.09. The van der Waals surface area contributed by atoms with Crippen LogP contribution in [0, 0.1) is 17.3 Å². The summed E-state index contributed by atoms with van der Waals surface area (Å²) in [5.41, 5.74) is -0.180. The number of benzene rings is 2. The van der Waals surface area contributed by atoms with Crippen LogP contribution >= 0.6 is 0 Å². The first-order chi connectivity index (χ1) is 14.1. The summed E-state index contributed by atoms with van der Waals surface area (Å²) < 4.78 is 6.79. The molecule has 2 saturated carbocycles. The van der Waals surface area contributed by atoms with Crippen molar-refractivity contribution in [2.24, 2.45) is 17.3 Å². The first-order valence-electron chi connectivity index (χ1n) is 11.1. The van der Waals surface area contributed by atoms with Crippen LogP contribution in [0.1, 0.15) is 45.4 Å². The summed E-state index contributed by atoms with van der Waals surface area (Å²) in [5.74, 6) is 0.718. The van der Waals surface area contributed by atoms with Gasteiger partial charge in [-0.15, -0.1) is 0 Å². The lowest BCUT2D eigenvalue weighted by atomic mass is 9.72. The lowest BCUT2D eigenvalue weighted by molar-refractivity contribution is -0.123. The van der Waals surface area contributed by atoms with Gasteiger partial charge in [0, 0.05) is 24.4 Å². The number of fused-ring (bicyclic) bond motifs is 1. The molecule has 2 aliphatic rings. The van der Waals surface area contributed by atoms with Gasteiger partial charge in [0.15, 0.2) is 0 Å². The Kier molecular flexibility index (Phi) is 6.33. The molecule has 4 heteroatoms. The molecule has 2 aromatic carbocycles. The normalized spacial score (nSPS) is 28.8. The molecule has 0 saturated heterocycles. The Hall–Kier alpha value is -1.75. The molecule has 0 bridgehead atoms. The third kappa shape index (κ3) is 4.11. The maximum atomic E-state index is 12.9.